The molecule has 0 radical (unpaired) electrons. The number of aryl methyl sites for hydroxylation is 1. The van der Waals surface area contributed by atoms with E-state index in [-0.39, 0.29) is 24.8 Å². The van der Waals surface area contributed by atoms with Crippen molar-refractivity contribution in [3.05, 3.63) is 40.9 Å². The first kappa shape index (κ1) is 19.2. The topological polar surface area (TPSA) is 80.1 Å². The Hall–Kier alpha value is -2.12. The molecule has 1 N–H and O–H groups in total. The van der Waals surface area contributed by atoms with Crippen LogP contribution in [0.4, 0.5) is 5.69 Å². The molecular formula is C16H19Cl2N5O2. The second-order valence-corrected chi connectivity index (χ2v) is 6.24. The van der Waals surface area contributed by atoms with Gasteiger partial charge in [0.25, 0.3) is 0 Å². The molecule has 0 bridgehead atoms. The molecule has 1 aromatic carbocycles. The number of benzene rings is 1. The van der Waals surface area contributed by atoms with Crippen molar-refractivity contribution in [2.24, 2.45) is 0 Å². The van der Waals surface area contributed by atoms with Gasteiger partial charge < -0.3 is 10.2 Å². The Morgan fingerprint density at radius 2 is 2.12 bits per heavy atom. The zero-order valence-corrected chi connectivity index (χ0v) is 15.3. The van der Waals surface area contributed by atoms with Crippen molar-refractivity contribution in [3.63, 3.8) is 0 Å². The van der Waals surface area contributed by atoms with E-state index in [4.69, 9.17) is 23.2 Å². The molecule has 1 heterocycles. The van der Waals surface area contributed by atoms with Crippen molar-refractivity contribution in [1.29, 1.82) is 0 Å². The first-order valence-electron chi connectivity index (χ1n) is 7.84. The second-order valence-electron chi connectivity index (χ2n) is 5.40. The number of nitrogens with zero attached hydrogens (tertiary/aromatic N) is 4. The molecule has 0 unspecified atom stereocenters. The van der Waals surface area contributed by atoms with Crippen molar-refractivity contribution >= 4 is 40.7 Å². The van der Waals surface area contributed by atoms with Crippen LogP contribution < -0.4 is 5.32 Å². The number of nitrogens with one attached hydrogen (secondary N) is 1. The molecule has 2 aromatic rings. The van der Waals surface area contributed by atoms with Gasteiger partial charge in [0.2, 0.25) is 11.8 Å². The van der Waals surface area contributed by atoms with Gasteiger partial charge in [0.05, 0.1) is 23.8 Å². The predicted molar refractivity (Wildman–Crippen MR) is 96.6 cm³/mol. The number of hydrogen-bond acceptors (Lipinski definition) is 4. The van der Waals surface area contributed by atoms with Crippen molar-refractivity contribution in [2.45, 2.75) is 26.3 Å². The summed E-state index contributed by atoms with van der Waals surface area (Å²) in [7, 11) is 0. The first-order chi connectivity index (χ1) is 12.0. The predicted octanol–water partition coefficient (Wildman–Crippen LogP) is 2.85. The summed E-state index contributed by atoms with van der Waals surface area (Å²) >= 11 is 11.9. The van der Waals surface area contributed by atoms with E-state index in [1.54, 1.807) is 29.2 Å². The van der Waals surface area contributed by atoms with E-state index in [0.29, 0.717) is 28.8 Å². The molecule has 2 rings (SSSR count). The molecule has 25 heavy (non-hydrogen) atoms. The summed E-state index contributed by atoms with van der Waals surface area (Å²) in [4.78, 5) is 30.0. The molecular weight excluding hydrogens is 365 g/mol. The lowest BCUT2D eigenvalue weighted by molar-refractivity contribution is -0.135. The van der Waals surface area contributed by atoms with Crippen LogP contribution in [0.2, 0.25) is 10.0 Å². The van der Waals surface area contributed by atoms with Crippen LogP contribution in [0.15, 0.2) is 30.9 Å². The minimum absolute atomic E-state index is 0.0487. The summed E-state index contributed by atoms with van der Waals surface area (Å²) in [6.45, 7) is 2.81. The van der Waals surface area contributed by atoms with Crippen molar-refractivity contribution in [2.75, 3.05) is 18.4 Å². The maximum atomic E-state index is 12.4. The number of halogens is 2. The van der Waals surface area contributed by atoms with Gasteiger partial charge in [0.1, 0.15) is 12.7 Å². The lowest BCUT2D eigenvalue weighted by Gasteiger charge is -2.22. The molecule has 0 aliphatic rings. The second kappa shape index (κ2) is 9.39. The highest BCUT2D eigenvalue weighted by molar-refractivity contribution is 6.35. The zero-order valence-electron chi connectivity index (χ0n) is 13.8. The van der Waals surface area contributed by atoms with Gasteiger partial charge >= 0.3 is 0 Å². The van der Waals surface area contributed by atoms with Crippen LogP contribution in [0.5, 0.6) is 0 Å². The van der Waals surface area contributed by atoms with Crippen molar-refractivity contribution in [3.8, 4) is 0 Å². The summed E-state index contributed by atoms with van der Waals surface area (Å²) in [5, 5.41) is 7.50. The van der Waals surface area contributed by atoms with Crippen LogP contribution in [0.1, 0.15) is 19.8 Å². The van der Waals surface area contributed by atoms with Crippen LogP contribution in [-0.2, 0) is 16.1 Å². The highest BCUT2D eigenvalue weighted by Gasteiger charge is 2.17. The number of rotatable bonds is 8. The van der Waals surface area contributed by atoms with Crippen LogP contribution in [-0.4, -0.2) is 44.6 Å². The molecule has 0 spiro atoms. The molecule has 9 heteroatoms. The van der Waals surface area contributed by atoms with Gasteiger partial charge in [-0.2, -0.15) is 5.10 Å². The Labute approximate surface area is 155 Å². The molecule has 0 fully saturated rings. The van der Waals surface area contributed by atoms with Gasteiger partial charge in [-0.1, -0.05) is 30.1 Å². The van der Waals surface area contributed by atoms with Gasteiger partial charge in [-0.3, -0.25) is 14.3 Å². The largest absolute Gasteiger partial charge is 0.333 e. The lowest BCUT2D eigenvalue weighted by Crippen LogP contribution is -2.39. The average molecular weight is 384 g/mol. The lowest BCUT2D eigenvalue weighted by atomic mass is 10.3. The Morgan fingerprint density at radius 1 is 1.32 bits per heavy atom. The van der Waals surface area contributed by atoms with E-state index < -0.39 is 0 Å². The number of carbonyl (C=O) groups is 2. The number of aromatic nitrogens is 3. The van der Waals surface area contributed by atoms with E-state index in [1.807, 2.05) is 6.92 Å². The highest BCUT2D eigenvalue weighted by atomic mass is 35.5. The van der Waals surface area contributed by atoms with Crippen LogP contribution in [0.25, 0.3) is 0 Å². The Morgan fingerprint density at radius 3 is 2.80 bits per heavy atom. The van der Waals surface area contributed by atoms with Crippen molar-refractivity contribution < 1.29 is 9.59 Å². The van der Waals surface area contributed by atoms with Crippen molar-refractivity contribution in [1.82, 2.24) is 19.7 Å². The SMILES string of the molecule is CCCN(CC(=O)Nc1cc(Cl)ccc1Cl)C(=O)CCn1cncn1. The van der Waals surface area contributed by atoms with E-state index in [2.05, 4.69) is 15.4 Å². The van der Waals surface area contributed by atoms with E-state index >= 15 is 0 Å². The maximum Gasteiger partial charge on any atom is 0.244 e. The summed E-state index contributed by atoms with van der Waals surface area (Å²) < 4.78 is 1.58. The maximum absolute atomic E-state index is 12.4. The van der Waals surface area contributed by atoms with Gasteiger partial charge in [-0.05, 0) is 24.6 Å². The number of anilines is 1. The van der Waals surface area contributed by atoms with Crippen LogP contribution in [0.3, 0.4) is 0 Å². The number of amides is 2. The smallest absolute Gasteiger partial charge is 0.244 e. The summed E-state index contributed by atoms with van der Waals surface area (Å²) in [6, 6.07) is 4.81. The zero-order chi connectivity index (χ0) is 18.2. The third-order valence-electron chi connectivity index (χ3n) is 3.40. The number of carbonyl (C=O) groups excluding carboxylic acids is 2. The molecule has 0 saturated carbocycles. The third-order valence-corrected chi connectivity index (χ3v) is 3.97. The molecule has 0 aliphatic heterocycles. The fourth-order valence-electron chi connectivity index (χ4n) is 2.23. The van der Waals surface area contributed by atoms with Gasteiger partial charge in [0.15, 0.2) is 0 Å². The summed E-state index contributed by atoms with van der Waals surface area (Å²) in [6.07, 6.45) is 3.95. The van der Waals surface area contributed by atoms with E-state index in [1.165, 1.54) is 11.2 Å². The fraction of sp³-hybridized carbons (Fsp3) is 0.375. The Balaban J connectivity index is 1.93. The quantitative estimate of drug-likeness (QED) is 0.759. The fourth-order valence-corrected chi connectivity index (χ4v) is 2.57. The molecule has 0 atom stereocenters. The molecule has 134 valence electrons. The normalized spacial score (nSPS) is 10.5. The average Bonchev–Trinajstić information content (AvgIpc) is 3.09. The standard InChI is InChI=1S/C16H19Cl2N5O2/c1-2-6-22(16(25)5-7-23-11-19-10-20-23)9-15(24)21-14-8-12(17)3-4-13(14)18/h3-4,8,10-11H,2,5-7,9H2,1H3,(H,21,24). The molecule has 2 amide bonds. The minimum atomic E-state index is -0.327. The molecule has 0 saturated heterocycles. The summed E-state index contributed by atoms with van der Waals surface area (Å²) in [5.41, 5.74) is 0.422. The van der Waals surface area contributed by atoms with E-state index in [9.17, 15) is 9.59 Å². The monoisotopic (exact) mass is 383 g/mol. The van der Waals surface area contributed by atoms with Crippen LogP contribution >= 0.6 is 23.2 Å². The minimum Gasteiger partial charge on any atom is -0.333 e. The third kappa shape index (κ3) is 6.03. The van der Waals surface area contributed by atoms with E-state index in [0.717, 1.165) is 6.42 Å². The highest BCUT2D eigenvalue weighted by Crippen LogP contribution is 2.25. The number of hydrogen-bond donors (Lipinski definition) is 1. The molecule has 0 aliphatic carbocycles. The Kier molecular flexibility index (Phi) is 7.21. The van der Waals surface area contributed by atoms with Gasteiger partial charge in [0, 0.05) is 18.0 Å². The summed E-state index contributed by atoms with van der Waals surface area (Å²) in [5.74, 6) is -0.448. The van der Waals surface area contributed by atoms with Crippen LogP contribution in [0, 0.1) is 0 Å². The molecule has 1 aromatic heterocycles. The van der Waals surface area contributed by atoms with Gasteiger partial charge in [-0.15, -0.1) is 0 Å². The molecule has 7 nitrogen and oxygen atoms in total. The first-order valence-corrected chi connectivity index (χ1v) is 8.60. The Bertz CT molecular complexity index is 721. The van der Waals surface area contributed by atoms with Gasteiger partial charge in [-0.25, -0.2) is 4.98 Å².